The third kappa shape index (κ3) is 5.33. The van der Waals surface area contributed by atoms with Crippen molar-refractivity contribution < 1.29 is 13.2 Å². The second-order valence-electron chi connectivity index (χ2n) is 4.59. The SMILES string of the molecule is COCCCS(=O)(=O)N(C)CC1CCCCN1. The van der Waals surface area contributed by atoms with E-state index in [1.54, 1.807) is 14.2 Å². The van der Waals surface area contributed by atoms with Crippen molar-refractivity contribution >= 4 is 10.0 Å². The average Bonchev–Trinajstić information content (AvgIpc) is 2.30. The highest BCUT2D eigenvalue weighted by molar-refractivity contribution is 7.89. The Hall–Kier alpha value is -0.170. The Balaban J connectivity index is 2.36. The van der Waals surface area contributed by atoms with Gasteiger partial charge in [0.2, 0.25) is 10.0 Å². The molecule has 17 heavy (non-hydrogen) atoms. The fourth-order valence-corrected chi connectivity index (χ4v) is 3.25. The van der Waals surface area contributed by atoms with Crippen molar-refractivity contribution in [2.24, 2.45) is 0 Å². The van der Waals surface area contributed by atoms with Gasteiger partial charge in [0.1, 0.15) is 0 Å². The lowest BCUT2D eigenvalue weighted by Crippen LogP contribution is -2.44. The Morgan fingerprint density at radius 3 is 2.76 bits per heavy atom. The van der Waals surface area contributed by atoms with E-state index in [1.807, 2.05) is 0 Å². The summed E-state index contributed by atoms with van der Waals surface area (Å²) in [5, 5.41) is 3.36. The molecule has 0 spiro atoms. The van der Waals surface area contributed by atoms with Gasteiger partial charge in [0, 0.05) is 33.4 Å². The molecule has 1 saturated heterocycles. The zero-order valence-corrected chi connectivity index (χ0v) is 11.6. The Labute approximate surface area is 105 Å². The molecule has 1 unspecified atom stereocenters. The molecule has 1 aliphatic rings. The van der Waals surface area contributed by atoms with E-state index in [9.17, 15) is 8.42 Å². The van der Waals surface area contributed by atoms with E-state index in [-0.39, 0.29) is 5.75 Å². The summed E-state index contributed by atoms with van der Waals surface area (Å²) in [6.07, 6.45) is 4.01. The van der Waals surface area contributed by atoms with Gasteiger partial charge in [0.15, 0.2) is 0 Å². The summed E-state index contributed by atoms with van der Waals surface area (Å²) in [7, 11) is 0.132. The van der Waals surface area contributed by atoms with Gasteiger partial charge in [-0.05, 0) is 25.8 Å². The van der Waals surface area contributed by atoms with Crippen LogP contribution in [0.3, 0.4) is 0 Å². The first-order valence-electron chi connectivity index (χ1n) is 6.22. The molecule has 1 fully saturated rings. The lowest BCUT2D eigenvalue weighted by Gasteiger charge is -2.27. The number of methoxy groups -OCH3 is 1. The number of likely N-dealkylation sites (N-methyl/N-ethyl adjacent to an activating group) is 1. The van der Waals surface area contributed by atoms with Gasteiger partial charge >= 0.3 is 0 Å². The summed E-state index contributed by atoms with van der Waals surface area (Å²) in [5.74, 6) is 0.171. The van der Waals surface area contributed by atoms with Crippen LogP contribution in [0, 0.1) is 0 Å². The number of nitrogens with zero attached hydrogens (tertiary/aromatic N) is 1. The minimum Gasteiger partial charge on any atom is -0.385 e. The standard InChI is InChI=1S/C11H24N2O3S/c1-13(10-11-6-3-4-7-12-11)17(14,15)9-5-8-16-2/h11-12H,3-10H2,1-2H3. The van der Waals surface area contributed by atoms with E-state index in [4.69, 9.17) is 4.74 Å². The van der Waals surface area contributed by atoms with Crippen LogP contribution in [0.1, 0.15) is 25.7 Å². The second kappa shape index (κ2) is 7.31. The molecular weight excluding hydrogens is 240 g/mol. The Kier molecular flexibility index (Phi) is 6.40. The van der Waals surface area contributed by atoms with Gasteiger partial charge in [0.25, 0.3) is 0 Å². The highest BCUT2D eigenvalue weighted by Crippen LogP contribution is 2.10. The predicted octanol–water partition coefficient (Wildman–Crippen LogP) is 0.427. The minimum absolute atomic E-state index is 0.171. The van der Waals surface area contributed by atoms with Crippen molar-refractivity contribution in [2.75, 3.05) is 39.6 Å². The van der Waals surface area contributed by atoms with Crippen LogP contribution < -0.4 is 5.32 Å². The molecule has 1 atom stereocenters. The molecule has 1 rings (SSSR count). The molecule has 1 N–H and O–H groups in total. The Morgan fingerprint density at radius 2 is 2.18 bits per heavy atom. The van der Waals surface area contributed by atoms with Crippen molar-refractivity contribution in [1.29, 1.82) is 0 Å². The zero-order valence-electron chi connectivity index (χ0n) is 10.8. The molecule has 0 amide bonds. The highest BCUT2D eigenvalue weighted by Gasteiger charge is 2.22. The van der Waals surface area contributed by atoms with Crippen LogP contribution in [0.15, 0.2) is 0 Å². The lowest BCUT2D eigenvalue weighted by molar-refractivity contribution is 0.199. The fraction of sp³-hybridized carbons (Fsp3) is 1.00. The topological polar surface area (TPSA) is 58.6 Å². The first-order valence-corrected chi connectivity index (χ1v) is 7.83. The van der Waals surface area contributed by atoms with Crippen LogP contribution in [-0.4, -0.2) is 58.4 Å². The summed E-state index contributed by atoms with van der Waals surface area (Å²) in [6.45, 7) is 2.08. The van der Waals surface area contributed by atoms with Crippen LogP contribution >= 0.6 is 0 Å². The van der Waals surface area contributed by atoms with E-state index >= 15 is 0 Å². The summed E-state index contributed by atoms with van der Waals surface area (Å²) in [6, 6.07) is 0.311. The van der Waals surface area contributed by atoms with Crippen LogP contribution in [0.4, 0.5) is 0 Å². The van der Waals surface area contributed by atoms with Crippen molar-refractivity contribution in [3.63, 3.8) is 0 Å². The quantitative estimate of drug-likeness (QED) is 0.677. The molecule has 0 saturated carbocycles. The predicted molar refractivity (Wildman–Crippen MR) is 68.6 cm³/mol. The third-order valence-electron chi connectivity index (χ3n) is 3.12. The molecule has 1 heterocycles. The number of rotatable bonds is 7. The van der Waals surface area contributed by atoms with Gasteiger partial charge in [-0.15, -0.1) is 0 Å². The lowest BCUT2D eigenvalue weighted by atomic mass is 10.1. The fourth-order valence-electron chi connectivity index (χ4n) is 2.05. The van der Waals surface area contributed by atoms with Crippen molar-refractivity contribution in [3.8, 4) is 0 Å². The molecule has 0 aromatic rings. The number of hydrogen-bond acceptors (Lipinski definition) is 4. The third-order valence-corrected chi connectivity index (χ3v) is 5.02. The number of nitrogens with one attached hydrogen (secondary N) is 1. The first kappa shape index (κ1) is 14.9. The van der Waals surface area contributed by atoms with Gasteiger partial charge in [-0.2, -0.15) is 0 Å². The molecule has 1 aliphatic heterocycles. The highest BCUT2D eigenvalue weighted by atomic mass is 32.2. The summed E-state index contributed by atoms with van der Waals surface area (Å²) in [4.78, 5) is 0. The number of ether oxygens (including phenoxy) is 1. The zero-order chi connectivity index (χ0) is 12.7. The van der Waals surface area contributed by atoms with Crippen molar-refractivity contribution in [1.82, 2.24) is 9.62 Å². The van der Waals surface area contributed by atoms with E-state index in [0.717, 1.165) is 13.0 Å². The van der Waals surface area contributed by atoms with Gasteiger partial charge in [0.05, 0.1) is 5.75 Å². The molecule has 0 radical (unpaired) electrons. The van der Waals surface area contributed by atoms with E-state index in [2.05, 4.69) is 5.32 Å². The van der Waals surface area contributed by atoms with Crippen LogP contribution in [0.5, 0.6) is 0 Å². The smallest absolute Gasteiger partial charge is 0.213 e. The molecule has 0 aromatic carbocycles. The monoisotopic (exact) mass is 264 g/mol. The molecule has 0 aromatic heterocycles. The van der Waals surface area contributed by atoms with E-state index in [0.29, 0.717) is 25.6 Å². The van der Waals surface area contributed by atoms with Gasteiger partial charge in [-0.25, -0.2) is 12.7 Å². The minimum atomic E-state index is -3.12. The van der Waals surface area contributed by atoms with Gasteiger partial charge < -0.3 is 10.1 Å². The largest absolute Gasteiger partial charge is 0.385 e. The maximum absolute atomic E-state index is 11.9. The van der Waals surface area contributed by atoms with E-state index in [1.165, 1.54) is 17.1 Å². The number of piperidine rings is 1. The Bertz CT molecular complexity index is 300. The second-order valence-corrected chi connectivity index (χ2v) is 6.79. The molecular formula is C11H24N2O3S. The maximum atomic E-state index is 11.9. The molecule has 102 valence electrons. The van der Waals surface area contributed by atoms with Crippen molar-refractivity contribution in [2.45, 2.75) is 31.7 Å². The molecule has 0 bridgehead atoms. The van der Waals surface area contributed by atoms with Crippen LogP contribution in [0.25, 0.3) is 0 Å². The van der Waals surface area contributed by atoms with Crippen molar-refractivity contribution in [3.05, 3.63) is 0 Å². The number of sulfonamides is 1. The molecule has 6 heteroatoms. The molecule has 0 aliphatic carbocycles. The van der Waals surface area contributed by atoms with Gasteiger partial charge in [-0.1, -0.05) is 6.42 Å². The summed E-state index contributed by atoms with van der Waals surface area (Å²) < 4.78 is 30.2. The van der Waals surface area contributed by atoms with Crippen LogP contribution in [0.2, 0.25) is 0 Å². The average molecular weight is 264 g/mol. The first-order chi connectivity index (χ1) is 8.06. The summed E-state index contributed by atoms with van der Waals surface area (Å²) in [5.41, 5.74) is 0. The van der Waals surface area contributed by atoms with Crippen LogP contribution in [-0.2, 0) is 14.8 Å². The maximum Gasteiger partial charge on any atom is 0.213 e. The normalized spacial score (nSPS) is 21.9. The van der Waals surface area contributed by atoms with Gasteiger partial charge in [-0.3, -0.25) is 0 Å². The Morgan fingerprint density at radius 1 is 1.41 bits per heavy atom. The number of hydrogen-bond donors (Lipinski definition) is 1. The van der Waals surface area contributed by atoms with E-state index < -0.39 is 10.0 Å². The molecule has 5 nitrogen and oxygen atoms in total. The summed E-state index contributed by atoms with van der Waals surface area (Å²) >= 11 is 0.